The molecule has 0 aliphatic carbocycles. The van der Waals surface area contributed by atoms with Crippen molar-refractivity contribution >= 4 is 34.8 Å². The largest absolute Gasteiger partial charge is 0.492 e. The van der Waals surface area contributed by atoms with Crippen molar-refractivity contribution in [3.05, 3.63) is 57.6 Å². The average molecular weight is 436 g/mol. The van der Waals surface area contributed by atoms with E-state index >= 15 is 0 Å². The standard InChI is InChI=1S/C22H23Cl2NO4/c1-21(2,3)14-4-6-15(7-5-14)27-11-10-25-19-16(8-9-17(23)18(19)24)22(20(25)26)28-12-13-29-22/h4-9H,10-13H2,1-3H3. The summed E-state index contributed by atoms with van der Waals surface area (Å²) in [6, 6.07) is 11.4. The average Bonchev–Trinajstić information content (AvgIpc) is 3.25. The van der Waals surface area contributed by atoms with Gasteiger partial charge in [-0.25, -0.2) is 0 Å². The highest BCUT2D eigenvalue weighted by Crippen LogP contribution is 2.50. The first-order valence-electron chi connectivity index (χ1n) is 9.56. The third-order valence-corrected chi connectivity index (χ3v) is 6.01. The Balaban J connectivity index is 1.52. The van der Waals surface area contributed by atoms with E-state index in [4.69, 9.17) is 37.4 Å². The number of nitrogens with zero attached hydrogens (tertiary/aromatic N) is 1. The molecule has 0 aromatic heterocycles. The van der Waals surface area contributed by atoms with E-state index in [0.717, 1.165) is 5.75 Å². The molecule has 2 aromatic carbocycles. The van der Waals surface area contributed by atoms with Crippen LogP contribution in [0.2, 0.25) is 10.0 Å². The molecule has 1 amide bonds. The second-order valence-corrected chi connectivity index (χ2v) is 8.94. The van der Waals surface area contributed by atoms with Crippen LogP contribution in [0.1, 0.15) is 31.9 Å². The molecule has 154 valence electrons. The third-order valence-electron chi connectivity index (χ3n) is 5.22. The van der Waals surface area contributed by atoms with Gasteiger partial charge in [0.15, 0.2) is 0 Å². The van der Waals surface area contributed by atoms with Gasteiger partial charge in [0.25, 0.3) is 11.7 Å². The highest BCUT2D eigenvalue weighted by Gasteiger charge is 2.56. The molecule has 2 aliphatic rings. The first-order chi connectivity index (χ1) is 13.7. The van der Waals surface area contributed by atoms with Crippen LogP contribution in [-0.4, -0.2) is 32.3 Å². The quantitative estimate of drug-likeness (QED) is 0.683. The number of halogens is 2. The normalized spacial score (nSPS) is 17.8. The number of fused-ring (bicyclic) bond motifs is 2. The monoisotopic (exact) mass is 435 g/mol. The maximum atomic E-state index is 13.2. The summed E-state index contributed by atoms with van der Waals surface area (Å²) in [5.41, 5.74) is 2.42. The Bertz CT molecular complexity index is 931. The molecule has 7 heteroatoms. The molecule has 0 radical (unpaired) electrons. The summed E-state index contributed by atoms with van der Waals surface area (Å²) in [7, 11) is 0. The van der Waals surface area contributed by atoms with Gasteiger partial charge >= 0.3 is 0 Å². The second kappa shape index (κ2) is 7.47. The molecule has 0 unspecified atom stereocenters. The van der Waals surface area contributed by atoms with Crippen LogP contribution < -0.4 is 9.64 Å². The Kier molecular flexibility index (Phi) is 5.28. The molecule has 2 aliphatic heterocycles. The fourth-order valence-electron chi connectivity index (χ4n) is 3.67. The van der Waals surface area contributed by atoms with Gasteiger partial charge in [0.05, 0.1) is 35.5 Å². The lowest BCUT2D eigenvalue weighted by atomic mass is 9.87. The molecule has 0 bridgehead atoms. The smallest absolute Gasteiger partial charge is 0.292 e. The molecule has 0 N–H and O–H groups in total. The van der Waals surface area contributed by atoms with Gasteiger partial charge in [-0.05, 0) is 35.2 Å². The molecule has 1 saturated heterocycles. The van der Waals surface area contributed by atoms with Gasteiger partial charge in [0, 0.05) is 5.56 Å². The van der Waals surface area contributed by atoms with Crippen LogP contribution in [0.25, 0.3) is 0 Å². The van der Waals surface area contributed by atoms with Crippen LogP contribution in [0.4, 0.5) is 5.69 Å². The topological polar surface area (TPSA) is 48.0 Å². The van der Waals surface area contributed by atoms with Crippen molar-refractivity contribution in [1.29, 1.82) is 0 Å². The fourth-order valence-corrected chi connectivity index (χ4v) is 4.09. The minimum atomic E-state index is -1.43. The Labute approximate surface area is 180 Å². The van der Waals surface area contributed by atoms with Gasteiger partial charge < -0.3 is 19.1 Å². The lowest BCUT2D eigenvalue weighted by Gasteiger charge is -2.22. The number of rotatable bonds is 4. The van der Waals surface area contributed by atoms with Crippen LogP contribution in [0, 0.1) is 0 Å². The Hall–Kier alpha value is -1.79. The van der Waals surface area contributed by atoms with Crippen molar-refractivity contribution in [2.24, 2.45) is 0 Å². The van der Waals surface area contributed by atoms with E-state index in [1.165, 1.54) is 5.56 Å². The van der Waals surface area contributed by atoms with E-state index in [0.29, 0.717) is 47.7 Å². The second-order valence-electron chi connectivity index (χ2n) is 8.15. The Morgan fingerprint density at radius 2 is 1.72 bits per heavy atom. The zero-order valence-corrected chi connectivity index (χ0v) is 18.1. The molecular weight excluding hydrogens is 413 g/mol. The molecule has 2 heterocycles. The molecule has 1 spiro atoms. The van der Waals surface area contributed by atoms with Gasteiger partial charge in [-0.1, -0.05) is 56.1 Å². The highest BCUT2D eigenvalue weighted by molar-refractivity contribution is 6.44. The summed E-state index contributed by atoms with van der Waals surface area (Å²) in [5.74, 6) is -0.997. The van der Waals surface area contributed by atoms with E-state index < -0.39 is 5.79 Å². The number of hydrogen-bond donors (Lipinski definition) is 0. The highest BCUT2D eigenvalue weighted by atomic mass is 35.5. The minimum absolute atomic E-state index is 0.0792. The number of benzene rings is 2. The number of ether oxygens (including phenoxy) is 3. The molecule has 5 nitrogen and oxygen atoms in total. The Morgan fingerprint density at radius 1 is 1.07 bits per heavy atom. The Morgan fingerprint density at radius 3 is 2.34 bits per heavy atom. The lowest BCUT2D eigenvalue weighted by molar-refractivity contribution is -0.180. The van der Waals surface area contributed by atoms with E-state index in [2.05, 4.69) is 32.9 Å². The van der Waals surface area contributed by atoms with Gasteiger partial charge in [0.2, 0.25) is 0 Å². The third kappa shape index (κ3) is 3.50. The van der Waals surface area contributed by atoms with Crippen molar-refractivity contribution in [2.45, 2.75) is 32.0 Å². The van der Waals surface area contributed by atoms with Crippen LogP contribution in [-0.2, 0) is 25.5 Å². The predicted molar refractivity (Wildman–Crippen MR) is 113 cm³/mol. The molecule has 4 rings (SSSR count). The number of anilines is 1. The first kappa shape index (κ1) is 20.5. The molecule has 29 heavy (non-hydrogen) atoms. The van der Waals surface area contributed by atoms with Crippen LogP contribution in [0.3, 0.4) is 0 Å². The van der Waals surface area contributed by atoms with Gasteiger partial charge in [-0.15, -0.1) is 0 Å². The van der Waals surface area contributed by atoms with Crippen molar-refractivity contribution < 1.29 is 19.0 Å². The van der Waals surface area contributed by atoms with Gasteiger partial charge in [-0.2, -0.15) is 0 Å². The SMILES string of the molecule is CC(C)(C)c1ccc(OCCN2C(=O)C3(OCCO3)c3ccc(Cl)c(Cl)c32)cc1. The molecular formula is C22H23Cl2NO4. The van der Waals surface area contributed by atoms with Crippen molar-refractivity contribution in [1.82, 2.24) is 0 Å². The van der Waals surface area contributed by atoms with Crippen molar-refractivity contribution in [2.75, 3.05) is 31.3 Å². The van der Waals surface area contributed by atoms with Crippen molar-refractivity contribution in [3.8, 4) is 5.75 Å². The first-order valence-corrected chi connectivity index (χ1v) is 10.3. The molecule has 2 aromatic rings. The van der Waals surface area contributed by atoms with E-state index in [-0.39, 0.29) is 11.3 Å². The summed E-state index contributed by atoms with van der Waals surface area (Å²) in [5, 5.41) is 0.681. The summed E-state index contributed by atoms with van der Waals surface area (Å²) in [6.07, 6.45) is 0. The molecule has 1 fully saturated rings. The minimum Gasteiger partial charge on any atom is -0.492 e. The zero-order chi connectivity index (χ0) is 20.8. The summed E-state index contributed by atoms with van der Waals surface area (Å²) >= 11 is 12.6. The summed E-state index contributed by atoms with van der Waals surface area (Å²) < 4.78 is 17.3. The number of carbonyl (C=O) groups is 1. The number of amides is 1. The molecule has 0 saturated carbocycles. The van der Waals surface area contributed by atoms with Gasteiger partial charge in [0.1, 0.15) is 12.4 Å². The number of hydrogen-bond acceptors (Lipinski definition) is 4. The van der Waals surface area contributed by atoms with E-state index in [1.54, 1.807) is 17.0 Å². The van der Waals surface area contributed by atoms with Gasteiger partial charge in [-0.3, -0.25) is 4.79 Å². The van der Waals surface area contributed by atoms with E-state index in [1.807, 2.05) is 12.1 Å². The maximum absolute atomic E-state index is 13.2. The lowest BCUT2D eigenvalue weighted by Crippen LogP contribution is -2.42. The van der Waals surface area contributed by atoms with Crippen LogP contribution in [0.15, 0.2) is 36.4 Å². The van der Waals surface area contributed by atoms with Crippen LogP contribution in [0.5, 0.6) is 5.75 Å². The molecule has 0 atom stereocenters. The summed E-state index contributed by atoms with van der Waals surface area (Å²) in [4.78, 5) is 14.7. The predicted octanol–water partition coefficient (Wildman–Crippen LogP) is 4.92. The zero-order valence-electron chi connectivity index (χ0n) is 16.6. The fraction of sp³-hybridized carbons (Fsp3) is 0.409. The summed E-state index contributed by atoms with van der Waals surface area (Å²) in [6.45, 7) is 7.76. The van der Waals surface area contributed by atoms with Crippen LogP contribution >= 0.6 is 23.2 Å². The van der Waals surface area contributed by atoms with Crippen molar-refractivity contribution in [3.63, 3.8) is 0 Å². The maximum Gasteiger partial charge on any atom is 0.292 e. The number of carbonyl (C=O) groups excluding carboxylic acids is 1. The van der Waals surface area contributed by atoms with E-state index in [9.17, 15) is 4.79 Å².